The van der Waals surface area contributed by atoms with Crippen molar-refractivity contribution in [2.75, 3.05) is 19.4 Å². The molecule has 0 aliphatic rings. The van der Waals surface area contributed by atoms with Gasteiger partial charge < -0.3 is 15.8 Å². The van der Waals surface area contributed by atoms with E-state index in [1.807, 2.05) is 0 Å². The molecule has 0 unspecified atom stereocenters. The summed E-state index contributed by atoms with van der Waals surface area (Å²) < 4.78 is 17.3. The maximum absolute atomic E-state index is 12.7. The van der Waals surface area contributed by atoms with Crippen molar-refractivity contribution < 1.29 is 18.7 Å². The fourth-order valence-electron chi connectivity index (χ4n) is 1.00. The first-order chi connectivity index (χ1) is 7.54. The molecule has 6 heteroatoms. The first kappa shape index (κ1) is 12.0. The van der Waals surface area contributed by atoms with Crippen molar-refractivity contribution in [1.29, 1.82) is 0 Å². The summed E-state index contributed by atoms with van der Waals surface area (Å²) in [5.74, 6) is -1.74. The zero-order valence-electron chi connectivity index (χ0n) is 8.62. The summed E-state index contributed by atoms with van der Waals surface area (Å²) in [5.41, 5.74) is 5.43. The van der Waals surface area contributed by atoms with Gasteiger partial charge in [0.2, 0.25) is 0 Å². The molecule has 0 spiro atoms. The van der Waals surface area contributed by atoms with Gasteiger partial charge in [0.05, 0.1) is 5.56 Å². The largest absolute Gasteiger partial charge is 0.452 e. The van der Waals surface area contributed by atoms with Crippen LogP contribution in [-0.2, 0) is 9.53 Å². The van der Waals surface area contributed by atoms with E-state index < -0.39 is 24.3 Å². The van der Waals surface area contributed by atoms with Crippen molar-refractivity contribution in [3.63, 3.8) is 0 Å². The number of halogens is 1. The number of amides is 1. The molecular formula is C10H11FN2O3. The molecule has 5 nitrogen and oxygen atoms in total. The third kappa shape index (κ3) is 2.94. The van der Waals surface area contributed by atoms with Gasteiger partial charge in [-0.1, -0.05) is 0 Å². The van der Waals surface area contributed by atoms with E-state index in [1.165, 1.54) is 13.1 Å². The second-order valence-electron chi connectivity index (χ2n) is 2.98. The van der Waals surface area contributed by atoms with E-state index in [-0.39, 0.29) is 11.3 Å². The number of carbonyl (C=O) groups excluding carboxylic acids is 2. The fourth-order valence-corrected chi connectivity index (χ4v) is 1.00. The van der Waals surface area contributed by atoms with Gasteiger partial charge in [0.25, 0.3) is 5.91 Å². The SMILES string of the molecule is CNC(=O)COC(=O)c1ccc(F)cc1N. The molecule has 1 amide bonds. The molecule has 0 radical (unpaired) electrons. The number of nitrogens with two attached hydrogens (primary N) is 1. The van der Waals surface area contributed by atoms with Gasteiger partial charge in [-0.15, -0.1) is 0 Å². The highest BCUT2D eigenvalue weighted by Crippen LogP contribution is 2.14. The van der Waals surface area contributed by atoms with Gasteiger partial charge in [0.15, 0.2) is 6.61 Å². The lowest BCUT2D eigenvalue weighted by Crippen LogP contribution is -2.25. The van der Waals surface area contributed by atoms with E-state index in [0.717, 1.165) is 12.1 Å². The summed E-state index contributed by atoms with van der Waals surface area (Å²) in [5, 5.41) is 2.29. The van der Waals surface area contributed by atoms with Crippen LogP contribution in [0.2, 0.25) is 0 Å². The van der Waals surface area contributed by atoms with Crippen LogP contribution in [0.1, 0.15) is 10.4 Å². The third-order valence-corrected chi connectivity index (χ3v) is 1.85. The first-order valence-electron chi connectivity index (χ1n) is 4.47. The van der Waals surface area contributed by atoms with E-state index in [9.17, 15) is 14.0 Å². The van der Waals surface area contributed by atoms with Gasteiger partial charge >= 0.3 is 5.97 Å². The number of ether oxygens (including phenoxy) is 1. The minimum atomic E-state index is -0.763. The lowest BCUT2D eigenvalue weighted by Gasteiger charge is -2.06. The first-order valence-corrected chi connectivity index (χ1v) is 4.47. The lowest BCUT2D eigenvalue weighted by atomic mass is 10.2. The van der Waals surface area contributed by atoms with Gasteiger partial charge in [-0.3, -0.25) is 4.79 Å². The van der Waals surface area contributed by atoms with Gasteiger partial charge in [0.1, 0.15) is 5.82 Å². The van der Waals surface area contributed by atoms with Crippen LogP contribution in [0, 0.1) is 5.82 Å². The lowest BCUT2D eigenvalue weighted by molar-refractivity contribution is -0.123. The van der Waals surface area contributed by atoms with Crippen LogP contribution in [0.5, 0.6) is 0 Å². The van der Waals surface area contributed by atoms with Crippen LogP contribution in [0.3, 0.4) is 0 Å². The Labute approximate surface area is 91.4 Å². The Morgan fingerprint density at radius 1 is 1.50 bits per heavy atom. The smallest absolute Gasteiger partial charge is 0.340 e. The zero-order valence-corrected chi connectivity index (χ0v) is 8.62. The molecule has 86 valence electrons. The van der Waals surface area contributed by atoms with E-state index in [1.54, 1.807) is 0 Å². The standard InChI is InChI=1S/C10H11FN2O3/c1-13-9(14)5-16-10(15)7-3-2-6(11)4-8(7)12/h2-4H,5,12H2,1H3,(H,13,14). The average Bonchev–Trinajstić information content (AvgIpc) is 2.25. The highest BCUT2D eigenvalue weighted by atomic mass is 19.1. The molecule has 3 N–H and O–H groups in total. The monoisotopic (exact) mass is 226 g/mol. The minimum Gasteiger partial charge on any atom is -0.452 e. The van der Waals surface area contributed by atoms with E-state index in [2.05, 4.69) is 10.1 Å². The van der Waals surface area contributed by atoms with Gasteiger partial charge in [-0.2, -0.15) is 0 Å². The van der Waals surface area contributed by atoms with Crippen LogP contribution >= 0.6 is 0 Å². The van der Waals surface area contributed by atoms with E-state index in [4.69, 9.17) is 5.73 Å². The molecule has 1 aromatic rings. The molecule has 0 saturated carbocycles. The minimum absolute atomic E-state index is 0.0260. The van der Waals surface area contributed by atoms with Gasteiger partial charge in [0, 0.05) is 12.7 Å². The number of carbonyl (C=O) groups is 2. The Morgan fingerprint density at radius 2 is 2.19 bits per heavy atom. The molecule has 0 aliphatic heterocycles. The summed E-state index contributed by atoms with van der Waals surface area (Å²) in [6, 6.07) is 3.31. The number of hydrogen-bond donors (Lipinski definition) is 2. The topological polar surface area (TPSA) is 81.4 Å². The predicted molar refractivity (Wildman–Crippen MR) is 55.2 cm³/mol. The Bertz CT molecular complexity index is 421. The fraction of sp³-hybridized carbons (Fsp3) is 0.200. The van der Waals surface area contributed by atoms with Gasteiger partial charge in [-0.05, 0) is 18.2 Å². The van der Waals surface area contributed by atoms with E-state index >= 15 is 0 Å². The molecule has 0 aromatic heterocycles. The Kier molecular flexibility index (Phi) is 3.82. The maximum Gasteiger partial charge on any atom is 0.340 e. The normalized spacial score (nSPS) is 9.62. The summed E-state index contributed by atoms with van der Waals surface area (Å²) in [6.45, 7) is -0.397. The van der Waals surface area contributed by atoms with Gasteiger partial charge in [-0.25, -0.2) is 9.18 Å². The second kappa shape index (κ2) is 5.11. The highest BCUT2D eigenvalue weighted by Gasteiger charge is 2.13. The Morgan fingerprint density at radius 3 is 2.75 bits per heavy atom. The Balaban J connectivity index is 2.70. The number of esters is 1. The molecule has 0 bridgehead atoms. The molecule has 1 rings (SSSR count). The number of nitrogen functional groups attached to an aromatic ring is 1. The van der Waals surface area contributed by atoms with Crippen molar-refractivity contribution in [1.82, 2.24) is 5.32 Å². The molecule has 16 heavy (non-hydrogen) atoms. The summed E-state index contributed by atoms with van der Waals surface area (Å²) in [7, 11) is 1.42. The second-order valence-corrected chi connectivity index (χ2v) is 2.98. The molecule has 0 saturated heterocycles. The Hall–Kier alpha value is -2.11. The number of rotatable bonds is 3. The van der Waals surface area contributed by atoms with Crippen molar-refractivity contribution in [3.8, 4) is 0 Å². The summed E-state index contributed by atoms with van der Waals surface area (Å²) in [4.78, 5) is 22.2. The third-order valence-electron chi connectivity index (χ3n) is 1.85. The molecule has 0 aliphatic carbocycles. The van der Waals surface area contributed by atoms with Crippen molar-refractivity contribution >= 4 is 17.6 Å². The summed E-state index contributed by atoms with van der Waals surface area (Å²) >= 11 is 0. The van der Waals surface area contributed by atoms with Crippen molar-refractivity contribution in [2.24, 2.45) is 0 Å². The predicted octanol–water partition coefficient (Wildman–Crippen LogP) is 0.311. The molecular weight excluding hydrogens is 215 g/mol. The van der Waals surface area contributed by atoms with Crippen LogP contribution in [-0.4, -0.2) is 25.5 Å². The average molecular weight is 226 g/mol. The highest BCUT2D eigenvalue weighted by molar-refractivity contribution is 5.96. The van der Waals surface area contributed by atoms with Crippen LogP contribution in [0.25, 0.3) is 0 Å². The zero-order chi connectivity index (χ0) is 12.1. The number of benzene rings is 1. The summed E-state index contributed by atoms with van der Waals surface area (Å²) in [6.07, 6.45) is 0. The van der Waals surface area contributed by atoms with Crippen LogP contribution in [0.4, 0.5) is 10.1 Å². The number of likely N-dealkylation sites (N-methyl/N-ethyl adjacent to an activating group) is 1. The molecule has 0 fully saturated rings. The number of anilines is 1. The van der Waals surface area contributed by atoms with E-state index in [0.29, 0.717) is 0 Å². The van der Waals surface area contributed by atoms with Crippen molar-refractivity contribution in [2.45, 2.75) is 0 Å². The number of hydrogen-bond acceptors (Lipinski definition) is 4. The number of nitrogens with one attached hydrogen (secondary N) is 1. The van der Waals surface area contributed by atoms with Crippen molar-refractivity contribution in [3.05, 3.63) is 29.6 Å². The molecule has 0 atom stereocenters. The van der Waals surface area contributed by atoms with Crippen LogP contribution in [0.15, 0.2) is 18.2 Å². The maximum atomic E-state index is 12.7. The molecule has 0 heterocycles. The van der Waals surface area contributed by atoms with Crippen LogP contribution < -0.4 is 11.1 Å². The quantitative estimate of drug-likeness (QED) is 0.574. The molecule has 1 aromatic carbocycles.